The fraction of sp³-hybridized carbons (Fsp3) is 0.625. The average Bonchev–Trinajstić information content (AvgIpc) is 2.68. The predicted molar refractivity (Wildman–Crippen MR) is 149 cm³/mol. The summed E-state index contributed by atoms with van der Waals surface area (Å²) in [5.41, 5.74) is -2.02. The first-order valence-corrected chi connectivity index (χ1v) is 14.2. The Bertz CT molecular complexity index is 872. The molecule has 1 aromatic rings. The molecule has 7 nitrogen and oxygen atoms in total. The van der Waals surface area contributed by atoms with E-state index in [1.54, 1.807) is 46.4 Å². The van der Waals surface area contributed by atoms with E-state index in [1.165, 1.54) is 0 Å². The lowest BCUT2D eigenvalue weighted by Gasteiger charge is -2.26. The molecule has 1 rings (SSSR count). The number of halogens is 4. The van der Waals surface area contributed by atoms with Crippen molar-refractivity contribution in [3.8, 4) is 0 Å². The van der Waals surface area contributed by atoms with Crippen molar-refractivity contribution >= 4 is 68.7 Å². The van der Waals surface area contributed by atoms with Gasteiger partial charge in [-0.25, -0.2) is 13.6 Å². The van der Waals surface area contributed by atoms with Crippen LogP contribution in [-0.4, -0.2) is 57.0 Å². The summed E-state index contributed by atoms with van der Waals surface area (Å²) in [5, 5.41) is 2.46. The molecule has 0 aliphatic carbocycles. The van der Waals surface area contributed by atoms with Gasteiger partial charge in [-0.05, 0) is 60.1 Å². The maximum atomic E-state index is 14.9. The third-order valence-corrected chi connectivity index (χ3v) is 5.32. The lowest BCUT2D eigenvalue weighted by atomic mass is 10.1. The number of nitrogens with zero attached hydrogens (tertiary/aromatic N) is 1. The lowest BCUT2D eigenvalue weighted by molar-refractivity contribution is -0.158. The summed E-state index contributed by atoms with van der Waals surface area (Å²) < 4.78 is 41.7. The Hall–Kier alpha value is -1.25. The number of carbonyl (C=O) groups is 3. The molecule has 0 unspecified atom stereocenters. The molecule has 1 amide bonds. The van der Waals surface area contributed by atoms with Gasteiger partial charge in [-0.1, -0.05) is 45.2 Å². The van der Waals surface area contributed by atoms with Crippen molar-refractivity contribution in [3.63, 3.8) is 0 Å². The number of hydrogen-bond acceptors (Lipinski definition) is 6. The fourth-order valence-corrected chi connectivity index (χ4v) is 4.22. The normalized spacial score (nSPS) is 12.6. The van der Waals surface area contributed by atoms with Crippen molar-refractivity contribution < 1.29 is 32.6 Å². The Morgan fingerprint density at radius 2 is 1.43 bits per heavy atom. The van der Waals surface area contributed by atoms with Crippen LogP contribution in [0.15, 0.2) is 12.1 Å². The van der Waals surface area contributed by atoms with Crippen LogP contribution in [0.3, 0.4) is 0 Å². The standard InChI is InChI=1S/C24H34F2I2N2O5/c1-23(2,3)34-19(31)8-7-18(22(33)35-24(4,5)6)29-21(32)15-13-16(25)20(17(26)14-15)30(11-9-27)12-10-28/h13-14,18H,7-12H2,1-6H3,(H,29,32)/t18-/m0/s1. The Balaban J connectivity index is 3.13. The van der Waals surface area contributed by atoms with E-state index < -0.39 is 46.7 Å². The summed E-state index contributed by atoms with van der Waals surface area (Å²) in [5.74, 6) is -3.90. The van der Waals surface area contributed by atoms with Gasteiger partial charge < -0.3 is 19.7 Å². The van der Waals surface area contributed by atoms with Gasteiger partial charge in [0, 0.05) is 33.9 Å². The molecule has 0 saturated carbocycles. The lowest BCUT2D eigenvalue weighted by Crippen LogP contribution is -2.44. The van der Waals surface area contributed by atoms with Gasteiger partial charge in [0.2, 0.25) is 0 Å². The molecule has 0 heterocycles. The number of esters is 2. The van der Waals surface area contributed by atoms with Gasteiger partial charge in [-0.2, -0.15) is 0 Å². The number of rotatable bonds is 11. The van der Waals surface area contributed by atoms with Gasteiger partial charge in [0.05, 0.1) is 0 Å². The molecule has 1 N–H and O–H groups in total. The van der Waals surface area contributed by atoms with E-state index in [0.717, 1.165) is 12.1 Å². The molecule has 198 valence electrons. The Morgan fingerprint density at radius 1 is 0.943 bits per heavy atom. The molecular formula is C24H34F2I2N2O5. The Kier molecular flexibility index (Phi) is 12.6. The molecule has 0 fully saturated rings. The third-order valence-electron chi connectivity index (χ3n) is 4.36. The van der Waals surface area contributed by atoms with Gasteiger partial charge in [-0.15, -0.1) is 0 Å². The average molecular weight is 722 g/mol. The van der Waals surface area contributed by atoms with E-state index in [0.29, 0.717) is 21.9 Å². The predicted octanol–water partition coefficient (Wildman–Crippen LogP) is 5.20. The van der Waals surface area contributed by atoms with Gasteiger partial charge >= 0.3 is 11.9 Å². The van der Waals surface area contributed by atoms with Crippen molar-refractivity contribution in [2.75, 3.05) is 26.8 Å². The van der Waals surface area contributed by atoms with Gasteiger partial charge in [0.15, 0.2) is 0 Å². The summed E-state index contributed by atoms with van der Waals surface area (Å²) in [6.07, 6.45) is -0.262. The molecule has 11 heteroatoms. The molecule has 0 aromatic heterocycles. The second kappa shape index (κ2) is 13.9. The van der Waals surface area contributed by atoms with Crippen molar-refractivity contribution in [2.24, 2.45) is 0 Å². The smallest absolute Gasteiger partial charge is 0.329 e. The molecule has 0 radical (unpaired) electrons. The highest BCUT2D eigenvalue weighted by atomic mass is 127. The first-order chi connectivity index (χ1) is 16.1. The first-order valence-electron chi connectivity index (χ1n) is 11.2. The number of alkyl halides is 2. The minimum atomic E-state index is -1.21. The van der Waals surface area contributed by atoms with Crippen LogP contribution in [0.1, 0.15) is 64.7 Å². The first kappa shape index (κ1) is 31.8. The van der Waals surface area contributed by atoms with Crippen LogP contribution in [0.2, 0.25) is 0 Å². The number of hydrogen-bond donors (Lipinski definition) is 1. The number of amides is 1. The minimum absolute atomic E-state index is 0.0995. The monoisotopic (exact) mass is 722 g/mol. The molecule has 0 spiro atoms. The zero-order valence-electron chi connectivity index (χ0n) is 21.0. The number of nitrogens with one attached hydrogen (secondary N) is 1. The second-order valence-corrected chi connectivity index (χ2v) is 12.0. The van der Waals surface area contributed by atoms with Crippen LogP contribution >= 0.6 is 45.2 Å². The highest BCUT2D eigenvalue weighted by Gasteiger charge is 2.29. The zero-order valence-corrected chi connectivity index (χ0v) is 25.3. The van der Waals surface area contributed by atoms with Crippen molar-refractivity contribution in [1.29, 1.82) is 0 Å². The molecule has 1 atom stereocenters. The van der Waals surface area contributed by atoms with Gasteiger partial charge in [-0.3, -0.25) is 9.59 Å². The molecule has 0 saturated heterocycles. The van der Waals surface area contributed by atoms with Crippen molar-refractivity contribution in [3.05, 3.63) is 29.3 Å². The Labute approximate surface area is 233 Å². The molecule has 35 heavy (non-hydrogen) atoms. The van der Waals surface area contributed by atoms with Crippen molar-refractivity contribution in [2.45, 2.75) is 71.6 Å². The molecule has 0 aliphatic rings. The molecular weight excluding hydrogens is 688 g/mol. The zero-order chi connectivity index (χ0) is 27.0. The summed E-state index contributed by atoms with van der Waals surface area (Å²) in [6, 6.07) is 0.678. The second-order valence-electron chi connectivity index (χ2n) is 9.84. The number of anilines is 1. The molecule has 0 aliphatic heterocycles. The maximum absolute atomic E-state index is 14.9. The van der Waals surface area contributed by atoms with E-state index in [2.05, 4.69) is 50.5 Å². The van der Waals surface area contributed by atoms with E-state index >= 15 is 0 Å². The van der Waals surface area contributed by atoms with Crippen molar-refractivity contribution in [1.82, 2.24) is 5.32 Å². The highest BCUT2D eigenvalue weighted by Crippen LogP contribution is 2.26. The summed E-state index contributed by atoms with van der Waals surface area (Å²) in [4.78, 5) is 39.3. The van der Waals surface area contributed by atoms with Crippen LogP contribution in [0.4, 0.5) is 14.5 Å². The Morgan fingerprint density at radius 3 is 1.86 bits per heavy atom. The van der Waals surface area contributed by atoms with Gasteiger partial charge in [0.1, 0.15) is 34.6 Å². The summed E-state index contributed by atoms with van der Waals surface area (Å²) in [6.45, 7) is 11.0. The van der Waals surface area contributed by atoms with Crippen LogP contribution in [0, 0.1) is 11.6 Å². The molecule has 1 aromatic carbocycles. The summed E-state index contributed by atoms with van der Waals surface area (Å²) in [7, 11) is 0. The highest BCUT2D eigenvalue weighted by molar-refractivity contribution is 14.1. The topological polar surface area (TPSA) is 84.9 Å². The van der Waals surface area contributed by atoms with Crippen LogP contribution in [0.5, 0.6) is 0 Å². The number of ether oxygens (including phenoxy) is 2. The van der Waals surface area contributed by atoms with Gasteiger partial charge in [0.25, 0.3) is 5.91 Å². The number of benzene rings is 1. The quantitative estimate of drug-likeness (QED) is 0.192. The van der Waals surface area contributed by atoms with E-state index in [1.807, 2.05) is 0 Å². The fourth-order valence-electron chi connectivity index (χ4n) is 3.06. The largest absolute Gasteiger partial charge is 0.460 e. The number of carbonyl (C=O) groups excluding carboxylic acids is 3. The third kappa shape index (κ3) is 11.6. The van der Waals surface area contributed by atoms with E-state index in [-0.39, 0.29) is 24.1 Å². The van der Waals surface area contributed by atoms with Crippen LogP contribution < -0.4 is 10.2 Å². The minimum Gasteiger partial charge on any atom is -0.460 e. The maximum Gasteiger partial charge on any atom is 0.329 e. The van der Waals surface area contributed by atoms with Crippen LogP contribution in [0.25, 0.3) is 0 Å². The summed E-state index contributed by atoms with van der Waals surface area (Å²) >= 11 is 4.25. The SMILES string of the molecule is CC(C)(C)OC(=O)CC[C@H](NC(=O)c1cc(F)c(N(CCI)CCI)c(F)c1)C(=O)OC(C)(C)C. The molecule has 0 bridgehead atoms. The van der Waals surface area contributed by atoms with E-state index in [4.69, 9.17) is 9.47 Å². The van der Waals surface area contributed by atoms with E-state index in [9.17, 15) is 23.2 Å². The van der Waals surface area contributed by atoms with Crippen LogP contribution in [-0.2, 0) is 19.1 Å².